The van der Waals surface area contributed by atoms with E-state index in [-0.39, 0.29) is 18.7 Å². The van der Waals surface area contributed by atoms with Gasteiger partial charge in [0, 0.05) is 11.8 Å². The summed E-state index contributed by atoms with van der Waals surface area (Å²) in [6.45, 7) is 6.31. The van der Waals surface area contributed by atoms with Crippen molar-refractivity contribution in [3.05, 3.63) is 33.7 Å². The number of hydrogen-bond donors (Lipinski definition) is 0. The van der Waals surface area contributed by atoms with Gasteiger partial charge >= 0.3 is 6.18 Å². The van der Waals surface area contributed by atoms with Crippen molar-refractivity contribution in [3.63, 3.8) is 0 Å². The van der Waals surface area contributed by atoms with Gasteiger partial charge in [-0.15, -0.1) is 0 Å². The lowest BCUT2D eigenvalue weighted by atomic mass is 9.87. The number of nitrogens with zero attached hydrogens (tertiary/aromatic N) is 1. The van der Waals surface area contributed by atoms with E-state index in [0.717, 1.165) is 16.8 Å². The van der Waals surface area contributed by atoms with Gasteiger partial charge in [-0.25, -0.2) is 0 Å². The van der Waals surface area contributed by atoms with E-state index in [1.165, 1.54) is 0 Å². The zero-order chi connectivity index (χ0) is 16.5. The summed E-state index contributed by atoms with van der Waals surface area (Å²) in [7, 11) is 0. The lowest BCUT2D eigenvalue weighted by Crippen LogP contribution is -2.38. The first kappa shape index (κ1) is 17.0. The van der Waals surface area contributed by atoms with Crippen LogP contribution in [0.4, 0.5) is 13.2 Å². The smallest absolute Gasteiger partial charge is 0.376 e. The molecular weight excluding hydrogens is 299 g/mol. The molecule has 0 bridgehead atoms. The number of hydrogen-bond acceptors (Lipinski definition) is 3. The van der Waals surface area contributed by atoms with E-state index in [0.29, 0.717) is 13.2 Å². The second-order valence-corrected chi connectivity index (χ2v) is 6.42. The second-order valence-electron chi connectivity index (χ2n) is 6.42. The third-order valence-corrected chi connectivity index (χ3v) is 3.51. The molecule has 1 unspecified atom stereocenters. The molecule has 1 fully saturated rings. The van der Waals surface area contributed by atoms with Crippen molar-refractivity contribution < 1.29 is 22.6 Å². The third kappa shape index (κ3) is 3.89. The van der Waals surface area contributed by atoms with E-state index in [2.05, 4.69) is 0 Å². The molecule has 1 saturated heterocycles. The number of pyridine rings is 1. The molecule has 2 heterocycles. The molecule has 2 rings (SSSR count). The molecule has 1 aromatic rings. The van der Waals surface area contributed by atoms with Crippen LogP contribution in [0.5, 0.6) is 0 Å². The van der Waals surface area contributed by atoms with Crippen LogP contribution in [0.15, 0.2) is 17.1 Å². The quantitative estimate of drug-likeness (QED) is 0.841. The van der Waals surface area contributed by atoms with Crippen LogP contribution in [0.25, 0.3) is 0 Å². The van der Waals surface area contributed by atoms with E-state index in [4.69, 9.17) is 9.47 Å². The molecule has 0 spiro atoms. The van der Waals surface area contributed by atoms with Crippen LogP contribution in [0.2, 0.25) is 0 Å². The van der Waals surface area contributed by atoms with Crippen LogP contribution >= 0.6 is 0 Å². The molecule has 0 amide bonds. The van der Waals surface area contributed by atoms with Gasteiger partial charge < -0.3 is 14.0 Å². The Morgan fingerprint density at radius 3 is 2.45 bits per heavy atom. The van der Waals surface area contributed by atoms with Crippen molar-refractivity contribution >= 4 is 0 Å². The highest BCUT2D eigenvalue weighted by atomic mass is 19.4. The summed E-state index contributed by atoms with van der Waals surface area (Å²) in [5.41, 5.74) is -1.79. The van der Waals surface area contributed by atoms with E-state index < -0.39 is 28.8 Å². The SMILES string of the molecule is CC(C)(C)c1cc(C(F)(F)F)cn(CC2COCCO2)c1=O. The molecule has 1 aliphatic heterocycles. The van der Waals surface area contributed by atoms with Crippen molar-refractivity contribution in [2.75, 3.05) is 19.8 Å². The van der Waals surface area contributed by atoms with Gasteiger partial charge in [0.1, 0.15) is 0 Å². The second kappa shape index (κ2) is 6.04. The Balaban J connectivity index is 2.45. The molecule has 0 radical (unpaired) electrons. The Bertz CT molecular complexity index is 581. The number of rotatable bonds is 2. The average molecular weight is 319 g/mol. The van der Waals surface area contributed by atoms with Crippen molar-refractivity contribution in [3.8, 4) is 0 Å². The van der Waals surface area contributed by atoms with E-state index in [9.17, 15) is 18.0 Å². The van der Waals surface area contributed by atoms with Crippen LogP contribution in [-0.2, 0) is 27.6 Å². The van der Waals surface area contributed by atoms with Crippen LogP contribution < -0.4 is 5.56 Å². The topological polar surface area (TPSA) is 40.5 Å². The van der Waals surface area contributed by atoms with Crippen molar-refractivity contribution in [1.29, 1.82) is 0 Å². The fourth-order valence-electron chi connectivity index (χ4n) is 2.33. The van der Waals surface area contributed by atoms with Crippen LogP contribution in [0, 0.1) is 0 Å². The Morgan fingerprint density at radius 2 is 1.95 bits per heavy atom. The van der Waals surface area contributed by atoms with Crippen molar-refractivity contribution in [1.82, 2.24) is 4.57 Å². The lowest BCUT2D eigenvalue weighted by molar-refractivity contribution is -0.138. The predicted molar refractivity (Wildman–Crippen MR) is 75.0 cm³/mol. The average Bonchev–Trinajstić information content (AvgIpc) is 2.39. The highest BCUT2D eigenvalue weighted by molar-refractivity contribution is 5.27. The van der Waals surface area contributed by atoms with Gasteiger partial charge in [0.25, 0.3) is 5.56 Å². The van der Waals surface area contributed by atoms with Gasteiger partial charge in [0.15, 0.2) is 0 Å². The molecule has 0 saturated carbocycles. The summed E-state index contributed by atoms with van der Waals surface area (Å²) in [6, 6.07) is 0.942. The number of ether oxygens (including phenoxy) is 2. The molecule has 0 N–H and O–H groups in total. The van der Waals surface area contributed by atoms with E-state index >= 15 is 0 Å². The Labute approximate surface area is 126 Å². The third-order valence-electron chi connectivity index (χ3n) is 3.51. The van der Waals surface area contributed by atoms with Gasteiger partial charge in [-0.1, -0.05) is 20.8 Å². The first-order valence-electron chi connectivity index (χ1n) is 7.10. The molecule has 1 atom stereocenters. The molecule has 124 valence electrons. The molecule has 1 aromatic heterocycles. The minimum Gasteiger partial charge on any atom is -0.376 e. The normalized spacial score (nSPS) is 20.2. The molecule has 0 aliphatic carbocycles. The number of alkyl halides is 3. The molecule has 7 heteroatoms. The van der Waals surface area contributed by atoms with Crippen molar-refractivity contribution in [2.45, 2.75) is 45.0 Å². The monoisotopic (exact) mass is 319 g/mol. The van der Waals surface area contributed by atoms with Gasteiger partial charge in [-0.05, 0) is 11.5 Å². The molecule has 0 aromatic carbocycles. The maximum atomic E-state index is 13.1. The highest BCUT2D eigenvalue weighted by Crippen LogP contribution is 2.31. The summed E-state index contributed by atoms with van der Waals surface area (Å²) >= 11 is 0. The van der Waals surface area contributed by atoms with Crippen molar-refractivity contribution in [2.24, 2.45) is 0 Å². The van der Waals surface area contributed by atoms with Crippen LogP contribution in [-0.4, -0.2) is 30.5 Å². The minimum atomic E-state index is -4.50. The minimum absolute atomic E-state index is 0.0475. The summed E-state index contributed by atoms with van der Waals surface area (Å²) in [5.74, 6) is 0. The fraction of sp³-hybridized carbons (Fsp3) is 0.667. The van der Waals surface area contributed by atoms with Gasteiger partial charge in [-0.3, -0.25) is 4.79 Å². The van der Waals surface area contributed by atoms with Crippen LogP contribution in [0.3, 0.4) is 0 Å². The Kier molecular flexibility index (Phi) is 4.67. The van der Waals surface area contributed by atoms with Gasteiger partial charge in [0.05, 0.1) is 38.0 Å². The summed E-state index contributed by atoms with van der Waals surface area (Å²) < 4.78 is 51.0. The number of aromatic nitrogens is 1. The lowest BCUT2D eigenvalue weighted by Gasteiger charge is -2.26. The highest BCUT2D eigenvalue weighted by Gasteiger charge is 2.34. The van der Waals surface area contributed by atoms with Crippen LogP contribution in [0.1, 0.15) is 31.9 Å². The Hall–Kier alpha value is -1.34. The largest absolute Gasteiger partial charge is 0.417 e. The molecule has 4 nitrogen and oxygen atoms in total. The van der Waals surface area contributed by atoms with Gasteiger partial charge in [-0.2, -0.15) is 13.2 Å². The predicted octanol–water partition coefficient (Wildman–Crippen LogP) is 2.58. The summed E-state index contributed by atoms with van der Waals surface area (Å²) in [5, 5.41) is 0. The standard InChI is InChI=1S/C15H20F3NO3/c1-14(2,3)12-6-10(15(16,17)18)7-19(13(12)20)8-11-9-21-4-5-22-11/h6-7,11H,4-5,8-9H2,1-3H3. The first-order valence-corrected chi connectivity index (χ1v) is 7.10. The Morgan fingerprint density at radius 1 is 1.27 bits per heavy atom. The molecule has 1 aliphatic rings. The summed E-state index contributed by atoms with van der Waals surface area (Å²) in [4.78, 5) is 12.5. The van der Waals surface area contributed by atoms with E-state index in [1.807, 2.05) is 0 Å². The zero-order valence-corrected chi connectivity index (χ0v) is 12.9. The molecular formula is C15H20F3NO3. The van der Waals surface area contributed by atoms with Gasteiger partial charge in [0.2, 0.25) is 0 Å². The number of halogens is 3. The first-order chi connectivity index (χ1) is 10.1. The van der Waals surface area contributed by atoms with E-state index in [1.54, 1.807) is 20.8 Å². The maximum Gasteiger partial charge on any atom is 0.417 e. The zero-order valence-electron chi connectivity index (χ0n) is 12.9. The summed E-state index contributed by atoms with van der Waals surface area (Å²) in [6.07, 6.45) is -4.06. The molecule has 22 heavy (non-hydrogen) atoms. The maximum absolute atomic E-state index is 13.1. The fourth-order valence-corrected chi connectivity index (χ4v) is 2.33.